The van der Waals surface area contributed by atoms with Gasteiger partial charge in [0.1, 0.15) is 7.05 Å². The second-order valence-electron chi connectivity index (χ2n) is 2.79. The van der Waals surface area contributed by atoms with Crippen LogP contribution >= 0.6 is 0 Å². The molecule has 90 valence electrons. The molecule has 1 heteroatoms. The van der Waals surface area contributed by atoms with Crippen molar-refractivity contribution in [2.75, 3.05) is 0 Å². The van der Waals surface area contributed by atoms with Crippen molar-refractivity contribution in [3.05, 3.63) is 42.2 Å². The van der Waals surface area contributed by atoms with Gasteiger partial charge in [0, 0.05) is 18.6 Å². The highest BCUT2D eigenvalue weighted by atomic mass is 14.9. The molecule has 0 spiro atoms. The smallest absolute Gasteiger partial charge is 0.185 e. The van der Waals surface area contributed by atoms with Crippen molar-refractivity contribution < 1.29 is 4.57 Å². The molecule has 0 atom stereocenters. The Labute approximate surface area is 101 Å². The maximum absolute atomic E-state index is 3.78. The van der Waals surface area contributed by atoms with E-state index >= 15 is 0 Å². The van der Waals surface area contributed by atoms with Gasteiger partial charge in [-0.3, -0.25) is 0 Å². The summed E-state index contributed by atoms with van der Waals surface area (Å²) in [7, 11) is 2.02. The quantitative estimate of drug-likeness (QED) is 0.659. The highest BCUT2D eigenvalue weighted by molar-refractivity contribution is 5.63. The summed E-state index contributed by atoms with van der Waals surface area (Å²) in [4.78, 5) is 0. The molecule has 1 aromatic rings. The average molecular weight is 220 g/mol. The molecule has 16 heavy (non-hydrogen) atoms. The molecule has 1 nitrogen and oxygen atoms in total. The van der Waals surface area contributed by atoms with Crippen molar-refractivity contribution in [2.24, 2.45) is 7.05 Å². The molecule has 0 N–H and O–H groups in total. The van der Waals surface area contributed by atoms with Gasteiger partial charge in [-0.1, -0.05) is 53.0 Å². The lowest BCUT2D eigenvalue weighted by Gasteiger charge is -2.01. The van der Waals surface area contributed by atoms with Crippen molar-refractivity contribution in [3.8, 4) is 0 Å². The Hall–Kier alpha value is -1.37. The molecule has 0 aliphatic heterocycles. The van der Waals surface area contributed by atoms with E-state index in [4.69, 9.17) is 0 Å². The minimum Gasteiger partial charge on any atom is -0.205 e. The van der Waals surface area contributed by atoms with Crippen molar-refractivity contribution in [1.82, 2.24) is 0 Å². The summed E-state index contributed by atoms with van der Waals surface area (Å²) < 4.78 is 2.07. The van der Waals surface area contributed by atoms with E-state index in [0.29, 0.717) is 0 Å². The molecule has 0 radical (unpaired) electrons. The molecule has 0 aromatic carbocycles. The van der Waals surface area contributed by atoms with Crippen LogP contribution in [0.1, 0.15) is 44.5 Å². The van der Waals surface area contributed by atoms with E-state index in [2.05, 4.69) is 24.6 Å². The van der Waals surface area contributed by atoms with Gasteiger partial charge in [0.25, 0.3) is 0 Å². The fourth-order valence-corrected chi connectivity index (χ4v) is 1.24. The van der Waals surface area contributed by atoms with E-state index in [1.54, 1.807) is 0 Å². The molecule has 0 fully saturated rings. The third kappa shape index (κ3) is 4.43. The molecule has 1 rings (SSSR count). The fourth-order valence-electron chi connectivity index (χ4n) is 1.24. The molecule has 0 unspecified atom stereocenters. The van der Waals surface area contributed by atoms with Crippen LogP contribution in [0.15, 0.2) is 25.4 Å². The number of hydrogen-bond donors (Lipinski definition) is 0. The molecule has 0 saturated carbocycles. The zero-order valence-electron chi connectivity index (χ0n) is 11.7. The topological polar surface area (TPSA) is 3.88 Å². The van der Waals surface area contributed by atoms with Crippen molar-refractivity contribution >= 4 is 12.2 Å². The van der Waals surface area contributed by atoms with Crippen molar-refractivity contribution in [2.45, 2.75) is 34.6 Å². The van der Waals surface area contributed by atoms with Gasteiger partial charge in [0.15, 0.2) is 11.9 Å². The third-order valence-corrected chi connectivity index (χ3v) is 2.13. The Morgan fingerprint density at radius 2 is 1.56 bits per heavy atom. The second-order valence-corrected chi connectivity index (χ2v) is 2.79. The van der Waals surface area contributed by atoms with Gasteiger partial charge in [0.05, 0.1) is 0 Å². The lowest BCUT2D eigenvalue weighted by Crippen LogP contribution is -2.32. The Balaban J connectivity index is 0. The van der Waals surface area contributed by atoms with Crippen LogP contribution in [0.3, 0.4) is 0 Å². The van der Waals surface area contributed by atoms with E-state index in [0.717, 1.165) is 11.1 Å². The number of hydrogen-bond acceptors (Lipinski definition) is 0. The number of nitrogens with zero attached hydrogens (tertiary/aromatic N) is 1. The molecule has 0 saturated heterocycles. The van der Waals surface area contributed by atoms with Crippen LogP contribution in [0.2, 0.25) is 0 Å². The SMILES string of the molecule is C=Cc1cc[n+](C)c(C)c1C=C.CC.CC. The molecule has 0 amide bonds. The van der Waals surface area contributed by atoms with Crippen LogP contribution < -0.4 is 4.57 Å². The molecular weight excluding hydrogens is 194 g/mol. The molecule has 0 aliphatic rings. The first-order valence-corrected chi connectivity index (χ1v) is 5.94. The molecule has 1 heterocycles. The largest absolute Gasteiger partial charge is 0.205 e. The number of rotatable bonds is 2. The first-order chi connectivity index (χ1) is 7.70. The standard InChI is InChI=1S/C11H14N.2C2H6/c1-5-10-7-8-12(4)9(3)11(10)6-2;2*1-2/h5-8H,1-2H2,3-4H3;2*1-2H3/q+1;;. The van der Waals surface area contributed by atoms with E-state index in [-0.39, 0.29) is 0 Å². The van der Waals surface area contributed by atoms with Gasteiger partial charge in [0.2, 0.25) is 0 Å². The van der Waals surface area contributed by atoms with Gasteiger partial charge in [-0.25, -0.2) is 4.57 Å². The van der Waals surface area contributed by atoms with Gasteiger partial charge in [-0.05, 0) is 5.56 Å². The van der Waals surface area contributed by atoms with E-state index in [1.807, 2.05) is 59.2 Å². The zero-order valence-corrected chi connectivity index (χ0v) is 11.7. The summed E-state index contributed by atoms with van der Waals surface area (Å²) in [6, 6.07) is 2.04. The van der Waals surface area contributed by atoms with Crippen molar-refractivity contribution in [1.29, 1.82) is 0 Å². The normalized spacial score (nSPS) is 7.88. The summed E-state index contributed by atoms with van der Waals surface area (Å²) in [5, 5.41) is 0. The second kappa shape index (κ2) is 10.2. The molecule has 0 aliphatic carbocycles. The molecular formula is C15H26N+. The van der Waals surface area contributed by atoms with Crippen LogP contribution in [0, 0.1) is 6.92 Å². The Morgan fingerprint density at radius 3 is 1.94 bits per heavy atom. The molecule has 1 aromatic heterocycles. The summed E-state index contributed by atoms with van der Waals surface area (Å²) in [5.74, 6) is 0. The first kappa shape index (κ1) is 17.0. The summed E-state index contributed by atoms with van der Waals surface area (Å²) >= 11 is 0. The maximum atomic E-state index is 3.78. The highest BCUT2D eigenvalue weighted by Crippen LogP contribution is 2.12. The minimum atomic E-state index is 1.14. The average Bonchev–Trinajstić information content (AvgIpc) is 2.37. The number of aryl methyl sites for hydroxylation is 1. The first-order valence-electron chi connectivity index (χ1n) is 5.94. The van der Waals surface area contributed by atoms with E-state index in [1.165, 1.54) is 5.69 Å². The lowest BCUT2D eigenvalue weighted by molar-refractivity contribution is -0.677. The Bertz CT molecular complexity index is 324. The lowest BCUT2D eigenvalue weighted by atomic mass is 10.1. The maximum Gasteiger partial charge on any atom is 0.185 e. The van der Waals surface area contributed by atoms with E-state index < -0.39 is 0 Å². The van der Waals surface area contributed by atoms with E-state index in [9.17, 15) is 0 Å². The van der Waals surface area contributed by atoms with Gasteiger partial charge in [-0.2, -0.15) is 0 Å². The predicted octanol–water partition coefficient (Wildman–Crippen LogP) is 4.16. The van der Waals surface area contributed by atoms with Crippen LogP contribution in [0.5, 0.6) is 0 Å². The third-order valence-electron chi connectivity index (χ3n) is 2.13. The summed E-state index contributed by atoms with van der Waals surface area (Å²) in [6.45, 7) is 17.6. The summed E-state index contributed by atoms with van der Waals surface area (Å²) in [5.41, 5.74) is 3.51. The van der Waals surface area contributed by atoms with Crippen LogP contribution in [0.25, 0.3) is 12.2 Å². The number of aromatic nitrogens is 1. The predicted molar refractivity (Wildman–Crippen MR) is 75.2 cm³/mol. The van der Waals surface area contributed by atoms with Crippen LogP contribution in [-0.4, -0.2) is 0 Å². The summed E-state index contributed by atoms with van der Waals surface area (Å²) in [6.07, 6.45) is 5.75. The Kier molecular flexibility index (Phi) is 10.8. The van der Waals surface area contributed by atoms with Gasteiger partial charge in [-0.15, -0.1) is 0 Å². The highest BCUT2D eigenvalue weighted by Gasteiger charge is 2.07. The fraction of sp³-hybridized carbons (Fsp3) is 0.400. The van der Waals surface area contributed by atoms with Crippen LogP contribution in [-0.2, 0) is 7.05 Å². The number of pyridine rings is 1. The van der Waals surface area contributed by atoms with Crippen LogP contribution in [0.4, 0.5) is 0 Å². The Morgan fingerprint density at radius 1 is 1.06 bits per heavy atom. The van der Waals surface area contributed by atoms with Gasteiger partial charge < -0.3 is 0 Å². The minimum absolute atomic E-state index is 1.14. The zero-order chi connectivity index (χ0) is 13.1. The monoisotopic (exact) mass is 220 g/mol. The van der Waals surface area contributed by atoms with Gasteiger partial charge >= 0.3 is 0 Å². The van der Waals surface area contributed by atoms with Crippen molar-refractivity contribution in [3.63, 3.8) is 0 Å². The molecule has 0 bridgehead atoms.